The van der Waals surface area contributed by atoms with E-state index in [0.717, 1.165) is 0 Å². The first-order valence-corrected chi connectivity index (χ1v) is 5.93. The first kappa shape index (κ1) is 14.8. The molecule has 5 nitrogen and oxygen atoms in total. The number of hydrogen-bond acceptors (Lipinski definition) is 4. The molecule has 18 heavy (non-hydrogen) atoms. The molecule has 1 amide bonds. The highest BCUT2D eigenvalue weighted by atomic mass is 35.5. The number of aliphatic hydroxyl groups is 1. The smallest absolute Gasteiger partial charge is 0.252 e. The van der Waals surface area contributed by atoms with Crippen molar-refractivity contribution < 1.29 is 14.6 Å². The van der Waals surface area contributed by atoms with Gasteiger partial charge in [-0.05, 0) is 18.6 Å². The monoisotopic (exact) mass is 272 g/mol. The Morgan fingerprint density at radius 3 is 3.00 bits per heavy atom. The molecular formula is C12H17ClN2O3. The fourth-order valence-electron chi connectivity index (χ4n) is 1.45. The number of rotatable bonds is 6. The molecule has 0 radical (unpaired) electrons. The summed E-state index contributed by atoms with van der Waals surface area (Å²) in [5.41, 5.74) is 6.30. The number of nitrogens with one attached hydrogen (secondary N) is 1. The highest BCUT2D eigenvalue weighted by Crippen LogP contribution is 2.22. The number of anilines is 1. The van der Waals surface area contributed by atoms with Crippen LogP contribution >= 0.6 is 11.6 Å². The van der Waals surface area contributed by atoms with E-state index in [9.17, 15) is 9.90 Å². The molecule has 1 rings (SSSR count). The van der Waals surface area contributed by atoms with Crippen LogP contribution in [0.3, 0.4) is 0 Å². The zero-order valence-electron chi connectivity index (χ0n) is 10.1. The number of carbonyl (C=O) groups is 1. The fraction of sp³-hybridized carbons (Fsp3) is 0.417. The van der Waals surface area contributed by atoms with E-state index in [0.29, 0.717) is 24.2 Å². The lowest BCUT2D eigenvalue weighted by Gasteiger charge is -2.11. The van der Waals surface area contributed by atoms with Crippen LogP contribution in [0.4, 0.5) is 5.69 Å². The van der Waals surface area contributed by atoms with Crippen molar-refractivity contribution in [3.05, 3.63) is 28.8 Å². The van der Waals surface area contributed by atoms with Gasteiger partial charge in [-0.1, -0.05) is 17.7 Å². The van der Waals surface area contributed by atoms with Crippen LogP contribution in [0.2, 0.25) is 5.02 Å². The number of carbonyl (C=O) groups excluding carboxylic acids is 1. The number of aliphatic hydroxyl groups excluding tert-OH is 1. The number of nitrogens with two attached hydrogens (primary N) is 1. The van der Waals surface area contributed by atoms with Gasteiger partial charge in [0.25, 0.3) is 5.91 Å². The molecule has 0 saturated heterocycles. The Hall–Kier alpha value is -1.30. The second kappa shape index (κ2) is 7.20. The third-order valence-electron chi connectivity index (χ3n) is 2.40. The SMILES string of the molecule is COCC(O)CCNC(=O)c1cccc(N)c1Cl. The van der Waals surface area contributed by atoms with Crippen molar-refractivity contribution in [2.75, 3.05) is 26.0 Å². The van der Waals surface area contributed by atoms with E-state index < -0.39 is 6.10 Å². The Labute approximate surface area is 111 Å². The molecule has 0 heterocycles. The van der Waals surface area contributed by atoms with Crippen LogP contribution in [0.5, 0.6) is 0 Å². The summed E-state index contributed by atoms with van der Waals surface area (Å²) in [6, 6.07) is 4.89. The Bertz CT molecular complexity index is 412. The van der Waals surface area contributed by atoms with Crippen LogP contribution in [-0.2, 0) is 4.74 Å². The summed E-state index contributed by atoms with van der Waals surface area (Å²) in [6.45, 7) is 0.587. The molecule has 0 aliphatic carbocycles. The number of ether oxygens (including phenoxy) is 1. The van der Waals surface area contributed by atoms with E-state index in [4.69, 9.17) is 22.1 Å². The van der Waals surface area contributed by atoms with Crippen molar-refractivity contribution in [3.8, 4) is 0 Å². The van der Waals surface area contributed by atoms with E-state index in [1.807, 2.05) is 0 Å². The molecule has 6 heteroatoms. The summed E-state index contributed by atoms with van der Waals surface area (Å²) in [5, 5.41) is 12.3. The van der Waals surface area contributed by atoms with Crippen LogP contribution in [0, 0.1) is 0 Å². The van der Waals surface area contributed by atoms with Gasteiger partial charge in [-0.3, -0.25) is 4.79 Å². The number of amides is 1. The molecular weight excluding hydrogens is 256 g/mol. The molecule has 1 unspecified atom stereocenters. The van der Waals surface area contributed by atoms with Crippen molar-refractivity contribution in [2.24, 2.45) is 0 Å². The second-order valence-electron chi connectivity index (χ2n) is 3.86. The first-order chi connectivity index (χ1) is 8.56. The molecule has 0 aliphatic heterocycles. The van der Waals surface area contributed by atoms with Gasteiger partial charge in [0.2, 0.25) is 0 Å². The van der Waals surface area contributed by atoms with E-state index in [1.54, 1.807) is 18.2 Å². The molecule has 0 spiro atoms. The standard InChI is InChI=1S/C12H17ClN2O3/c1-18-7-8(16)5-6-15-12(17)9-3-2-4-10(14)11(9)13/h2-4,8,16H,5-7,14H2,1H3,(H,15,17). The first-order valence-electron chi connectivity index (χ1n) is 5.55. The van der Waals surface area contributed by atoms with E-state index in [-0.39, 0.29) is 17.5 Å². The van der Waals surface area contributed by atoms with Crippen molar-refractivity contribution in [2.45, 2.75) is 12.5 Å². The van der Waals surface area contributed by atoms with Crippen LogP contribution in [-0.4, -0.2) is 37.4 Å². The summed E-state index contributed by atoms with van der Waals surface area (Å²) in [5.74, 6) is -0.308. The Morgan fingerprint density at radius 2 is 2.33 bits per heavy atom. The Balaban J connectivity index is 2.48. The van der Waals surface area contributed by atoms with Gasteiger partial charge in [0.1, 0.15) is 0 Å². The minimum Gasteiger partial charge on any atom is -0.398 e. The fourth-order valence-corrected chi connectivity index (χ4v) is 1.66. The van der Waals surface area contributed by atoms with Gasteiger partial charge in [-0.25, -0.2) is 0 Å². The summed E-state index contributed by atoms with van der Waals surface area (Å²) in [6.07, 6.45) is -0.175. The Kier molecular flexibility index (Phi) is 5.91. The lowest BCUT2D eigenvalue weighted by Crippen LogP contribution is -2.28. The molecule has 100 valence electrons. The molecule has 0 fully saturated rings. The maximum absolute atomic E-state index is 11.8. The predicted octanol–water partition coefficient (Wildman–Crippen LogP) is 1.05. The van der Waals surface area contributed by atoms with Gasteiger partial charge in [0, 0.05) is 13.7 Å². The van der Waals surface area contributed by atoms with Gasteiger partial charge >= 0.3 is 0 Å². The zero-order valence-corrected chi connectivity index (χ0v) is 10.9. The number of nitrogen functional groups attached to an aromatic ring is 1. The summed E-state index contributed by atoms with van der Waals surface area (Å²) in [4.78, 5) is 11.8. The average molecular weight is 273 g/mol. The van der Waals surface area contributed by atoms with Crippen molar-refractivity contribution >= 4 is 23.2 Å². The number of halogens is 1. The van der Waals surface area contributed by atoms with Gasteiger partial charge in [0.15, 0.2) is 0 Å². The van der Waals surface area contributed by atoms with Crippen molar-refractivity contribution in [3.63, 3.8) is 0 Å². The molecule has 1 atom stereocenters. The molecule has 0 aromatic heterocycles. The average Bonchev–Trinajstić information content (AvgIpc) is 2.33. The molecule has 0 aliphatic rings. The van der Waals surface area contributed by atoms with Crippen molar-refractivity contribution in [1.29, 1.82) is 0 Å². The van der Waals surface area contributed by atoms with E-state index in [2.05, 4.69) is 5.32 Å². The zero-order chi connectivity index (χ0) is 13.5. The summed E-state index contributed by atoms with van der Waals surface area (Å²) < 4.78 is 4.78. The van der Waals surface area contributed by atoms with Crippen LogP contribution < -0.4 is 11.1 Å². The van der Waals surface area contributed by atoms with Gasteiger partial charge in [0.05, 0.1) is 29.0 Å². The third kappa shape index (κ3) is 4.18. The van der Waals surface area contributed by atoms with Gasteiger partial charge in [-0.2, -0.15) is 0 Å². The minimum atomic E-state index is -0.591. The maximum atomic E-state index is 11.8. The summed E-state index contributed by atoms with van der Waals surface area (Å²) in [7, 11) is 1.51. The Morgan fingerprint density at radius 1 is 1.61 bits per heavy atom. The molecule has 4 N–H and O–H groups in total. The highest BCUT2D eigenvalue weighted by molar-refractivity contribution is 6.36. The van der Waals surface area contributed by atoms with E-state index >= 15 is 0 Å². The number of methoxy groups -OCH3 is 1. The third-order valence-corrected chi connectivity index (χ3v) is 2.82. The molecule has 1 aromatic rings. The van der Waals surface area contributed by atoms with E-state index in [1.165, 1.54) is 7.11 Å². The quantitative estimate of drug-likeness (QED) is 0.676. The minimum absolute atomic E-state index is 0.243. The molecule has 1 aromatic carbocycles. The largest absolute Gasteiger partial charge is 0.398 e. The van der Waals surface area contributed by atoms with Crippen LogP contribution in [0.25, 0.3) is 0 Å². The van der Waals surface area contributed by atoms with Crippen LogP contribution in [0.15, 0.2) is 18.2 Å². The topological polar surface area (TPSA) is 84.6 Å². The lowest BCUT2D eigenvalue weighted by atomic mass is 10.2. The normalized spacial score (nSPS) is 12.2. The molecule has 0 bridgehead atoms. The highest BCUT2D eigenvalue weighted by Gasteiger charge is 2.12. The van der Waals surface area contributed by atoms with Gasteiger partial charge < -0.3 is 20.9 Å². The maximum Gasteiger partial charge on any atom is 0.252 e. The van der Waals surface area contributed by atoms with Gasteiger partial charge in [-0.15, -0.1) is 0 Å². The lowest BCUT2D eigenvalue weighted by molar-refractivity contribution is 0.0587. The number of hydrogen-bond donors (Lipinski definition) is 3. The second-order valence-corrected chi connectivity index (χ2v) is 4.24. The van der Waals surface area contributed by atoms with Crippen LogP contribution in [0.1, 0.15) is 16.8 Å². The number of benzene rings is 1. The predicted molar refractivity (Wildman–Crippen MR) is 70.7 cm³/mol. The molecule has 0 saturated carbocycles. The summed E-state index contributed by atoms with van der Waals surface area (Å²) >= 11 is 5.92. The van der Waals surface area contributed by atoms with Crippen molar-refractivity contribution in [1.82, 2.24) is 5.32 Å².